The molecule has 1 atom stereocenters. The van der Waals surface area contributed by atoms with Crippen LogP contribution < -0.4 is 4.74 Å². The van der Waals surface area contributed by atoms with E-state index >= 15 is 0 Å². The Labute approximate surface area is 213 Å². The van der Waals surface area contributed by atoms with E-state index in [-0.39, 0.29) is 11.7 Å². The van der Waals surface area contributed by atoms with Gasteiger partial charge in [-0.1, -0.05) is 18.5 Å². The fourth-order valence-corrected chi connectivity index (χ4v) is 4.30. The molecule has 0 saturated carbocycles. The molecule has 0 spiro atoms. The fraction of sp³-hybridized carbons (Fsp3) is 0.292. The Bertz CT molecular complexity index is 1330. The van der Waals surface area contributed by atoms with E-state index in [0.29, 0.717) is 34.6 Å². The molecule has 4 aromatic rings. The fourth-order valence-electron chi connectivity index (χ4n) is 3.80. The second-order valence-corrected chi connectivity index (χ2v) is 9.22. The van der Waals surface area contributed by atoms with E-state index in [1.54, 1.807) is 23.0 Å². The number of halogens is 5. The lowest BCUT2D eigenvalue weighted by molar-refractivity contribution is 0.122. The summed E-state index contributed by atoms with van der Waals surface area (Å²) in [6, 6.07) is 7.93. The molecule has 4 rings (SSSR count). The lowest BCUT2D eigenvalue weighted by Gasteiger charge is -2.20. The number of benzene rings is 1. The molecule has 0 amide bonds. The highest BCUT2D eigenvalue weighted by Gasteiger charge is 2.20. The van der Waals surface area contributed by atoms with E-state index < -0.39 is 24.9 Å². The van der Waals surface area contributed by atoms with E-state index in [2.05, 4.69) is 31.1 Å². The molecule has 0 unspecified atom stereocenters. The first-order valence-electron chi connectivity index (χ1n) is 10.9. The summed E-state index contributed by atoms with van der Waals surface area (Å²) in [6.45, 7) is 3.56. The Hall–Kier alpha value is -2.85. The number of hydrogen-bond donors (Lipinski definition) is 0. The monoisotopic (exact) mass is 567 g/mol. The molecule has 0 fully saturated rings. The van der Waals surface area contributed by atoms with Gasteiger partial charge >= 0.3 is 0 Å². The minimum atomic E-state index is -2.51. The number of pyridine rings is 1. The first kappa shape index (κ1) is 25.2. The molecule has 1 aromatic carbocycles. The largest absolute Gasteiger partial charge is 0.484 e. The van der Waals surface area contributed by atoms with Crippen molar-refractivity contribution in [1.82, 2.24) is 24.5 Å². The van der Waals surface area contributed by atoms with Crippen molar-refractivity contribution in [3.63, 3.8) is 0 Å². The molecule has 0 N–H and O–H groups in total. The van der Waals surface area contributed by atoms with Gasteiger partial charge in [-0.25, -0.2) is 13.2 Å². The number of nitrogens with zero attached hydrogens (tertiary/aromatic N) is 5. The van der Waals surface area contributed by atoms with Crippen LogP contribution in [0.1, 0.15) is 36.8 Å². The van der Waals surface area contributed by atoms with Crippen LogP contribution in [0.5, 0.6) is 5.75 Å². The van der Waals surface area contributed by atoms with Gasteiger partial charge in [0, 0.05) is 39.6 Å². The summed E-state index contributed by atoms with van der Waals surface area (Å²) in [4.78, 5) is 4.39. The Kier molecular flexibility index (Phi) is 7.81. The Morgan fingerprint density at radius 3 is 2.71 bits per heavy atom. The molecule has 3 heterocycles. The van der Waals surface area contributed by atoms with E-state index in [0.717, 1.165) is 10.2 Å². The molecular weight excluding hydrogens is 547 g/mol. The van der Waals surface area contributed by atoms with Gasteiger partial charge in [-0.15, -0.1) is 0 Å². The van der Waals surface area contributed by atoms with Crippen LogP contribution in [0, 0.1) is 5.82 Å². The first-order valence-corrected chi connectivity index (χ1v) is 12.0. The van der Waals surface area contributed by atoms with Crippen LogP contribution in [0.25, 0.3) is 11.3 Å². The predicted molar refractivity (Wildman–Crippen MR) is 130 cm³/mol. The van der Waals surface area contributed by atoms with E-state index in [9.17, 15) is 13.2 Å². The summed E-state index contributed by atoms with van der Waals surface area (Å²) < 4.78 is 49.5. The third-order valence-electron chi connectivity index (χ3n) is 5.36. The molecule has 0 saturated heterocycles. The van der Waals surface area contributed by atoms with E-state index in [4.69, 9.17) is 16.3 Å². The highest BCUT2D eigenvalue weighted by Crippen LogP contribution is 2.34. The SMILES string of the molecule is CCc1ncc(Br)cc1O[C@H](C)c1cc(F)ccc1-c1cc(Cl)nn1Cc1cnn(CC(F)F)c1. The van der Waals surface area contributed by atoms with Gasteiger partial charge in [0.2, 0.25) is 0 Å². The summed E-state index contributed by atoms with van der Waals surface area (Å²) >= 11 is 9.65. The second kappa shape index (κ2) is 10.8. The van der Waals surface area contributed by atoms with Gasteiger partial charge < -0.3 is 4.74 Å². The third kappa shape index (κ3) is 6.05. The van der Waals surface area contributed by atoms with Crippen molar-refractivity contribution >= 4 is 27.5 Å². The zero-order chi connectivity index (χ0) is 25.1. The van der Waals surface area contributed by atoms with Crippen molar-refractivity contribution in [1.29, 1.82) is 0 Å². The van der Waals surface area contributed by atoms with E-state index in [1.807, 2.05) is 19.9 Å². The normalized spacial score (nSPS) is 12.3. The molecule has 35 heavy (non-hydrogen) atoms. The van der Waals surface area contributed by atoms with Crippen molar-refractivity contribution in [2.45, 2.75) is 45.9 Å². The van der Waals surface area contributed by atoms with Gasteiger partial charge in [0.25, 0.3) is 6.43 Å². The smallest absolute Gasteiger partial charge is 0.257 e. The summed E-state index contributed by atoms with van der Waals surface area (Å²) in [7, 11) is 0. The number of rotatable bonds is 9. The molecule has 0 radical (unpaired) electrons. The molecule has 0 bridgehead atoms. The molecule has 6 nitrogen and oxygen atoms in total. The molecule has 0 aliphatic heterocycles. The van der Waals surface area contributed by atoms with Gasteiger partial charge in [0.15, 0.2) is 5.15 Å². The molecule has 3 aromatic heterocycles. The lowest BCUT2D eigenvalue weighted by Crippen LogP contribution is -2.10. The minimum absolute atomic E-state index is 0.243. The highest BCUT2D eigenvalue weighted by molar-refractivity contribution is 9.10. The predicted octanol–water partition coefficient (Wildman–Crippen LogP) is 6.71. The summed E-state index contributed by atoms with van der Waals surface area (Å²) in [5, 5.41) is 8.56. The minimum Gasteiger partial charge on any atom is -0.484 e. The quantitative estimate of drug-likeness (QED) is 0.225. The maximum atomic E-state index is 14.3. The second-order valence-electron chi connectivity index (χ2n) is 7.92. The van der Waals surface area contributed by atoms with Gasteiger partial charge in [0.05, 0.1) is 24.1 Å². The van der Waals surface area contributed by atoms with Crippen molar-refractivity contribution < 1.29 is 17.9 Å². The number of alkyl halides is 2. The maximum Gasteiger partial charge on any atom is 0.257 e. The number of hydrogen-bond acceptors (Lipinski definition) is 4. The van der Waals surface area contributed by atoms with Gasteiger partial charge in [-0.3, -0.25) is 14.3 Å². The van der Waals surface area contributed by atoms with Gasteiger partial charge in [-0.05, 0) is 53.5 Å². The van der Waals surface area contributed by atoms with Crippen LogP contribution in [0.4, 0.5) is 13.2 Å². The number of ether oxygens (including phenoxy) is 1. The topological polar surface area (TPSA) is 57.8 Å². The summed E-state index contributed by atoms with van der Waals surface area (Å²) in [5.74, 6) is 0.190. The Morgan fingerprint density at radius 1 is 1.17 bits per heavy atom. The van der Waals surface area contributed by atoms with Crippen LogP contribution in [0.3, 0.4) is 0 Å². The molecular formula is C24H22BrClF3N5O. The zero-order valence-corrected chi connectivity index (χ0v) is 21.3. The van der Waals surface area contributed by atoms with Crippen LogP contribution in [0.2, 0.25) is 5.15 Å². The lowest BCUT2D eigenvalue weighted by atomic mass is 10.00. The van der Waals surface area contributed by atoms with Crippen molar-refractivity contribution in [2.75, 3.05) is 0 Å². The Morgan fingerprint density at radius 2 is 1.97 bits per heavy atom. The Balaban J connectivity index is 1.68. The average Bonchev–Trinajstić information content (AvgIpc) is 3.39. The third-order valence-corrected chi connectivity index (χ3v) is 5.98. The molecule has 11 heteroatoms. The van der Waals surface area contributed by atoms with Gasteiger partial charge in [0.1, 0.15) is 24.2 Å². The van der Waals surface area contributed by atoms with Gasteiger partial charge in [-0.2, -0.15) is 10.2 Å². The van der Waals surface area contributed by atoms with Crippen molar-refractivity contribution in [2.24, 2.45) is 0 Å². The van der Waals surface area contributed by atoms with Crippen LogP contribution >= 0.6 is 27.5 Å². The zero-order valence-electron chi connectivity index (χ0n) is 18.9. The number of aryl methyl sites for hydroxylation is 1. The number of aromatic nitrogens is 5. The summed E-state index contributed by atoms with van der Waals surface area (Å²) in [6.07, 6.45) is 2.38. The maximum absolute atomic E-state index is 14.3. The average molecular weight is 569 g/mol. The van der Waals surface area contributed by atoms with Crippen molar-refractivity contribution in [3.05, 3.63) is 81.2 Å². The first-order chi connectivity index (χ1) is 16.7. The molecule has 184 valence electrons. The van der Waals surface area contributed by atoms with Crippen LogP contribution in [-0.2, 0) is 19.5 Å². The van der Waals surface area contributed by atoms with Crippen LogP contribution in [0.15, 0.2) is 53.4 Å². The molecule has 0 aliphatic carbocycles. The summed E-state index contributed by atoms with van der Waals surface area (Å²) in [5.41, 5.74) is 3.36. The standard InChI is InChI=1S/C24H22BrClF3N5O/c1-3-20-22(6-16(25)10-30-20)35-14(2)19-7-17(27)4-5-18(19)21-8-23(26)32-34(21)12-15-9-31-33(11-15)13-24(28)29/h4-11,14,24H,3,12-13H2,1-2H3/t14-/m1/s1. The van der Waals surface area contributed by atoms with Crippen LogP contribution in [-0.4, -0.2) is 31.0 Å². The molecule has 0 aliphatic rings. The van der Waals surface area contributed by atoms with E-state index in [1.165, 1.54) is 29.2 Å². The highest BCUT2D eigenvalue weighted by atomic mass is 79.9. The van der Waals surface area contributed by atoms with Crippen molar-refractivity contribution in [3.8, 4) is 17.0 Å².